The van der Waals surface area contributed by atoms with Gasteiger partial charge in [0.15, 0.2) is 5.96 Å². The zero-order chi connectivity index (χ0) is 22.4. The maximum Gasteiger partial charge on any atom is 0.403 e. The molecule has 1 aromatic rings. The predicted molar refractivity (Wildman–Crippen MR) is 127 cm³/mol. The molecular weight excluding hydrogens is 541 g/mol. The number of hydrogen-bond acceptors (Lipinski definition) is 4. The number of benzene rings is 1. The molecule has 0 amide bonds. The smallest absolute Gasteiger partial charge is 0.379 e. The molecule has 6 nitrogen and oxygen atoms in total. The molecule has 2 saturated heterocycles. The highest BCUT2D eigenvalue weighted by molar-refractivity contribution is 14.0. The summed E-state index contributed by atoms with van der Waals surface area (Å²) < 4.78 is 57.9. The van der Waals surface area contributed by atoms with E-state index in [2.05, 4.69) is 15.2 Å². The zero-order valence-corrected chi connectivity index (χ0v) is 20.8. The van der Waals surface area contributed by atoms with Crippen molar-refractivity contribution in [3.8, 4) is 0 Å². The largest absolute Gasteiger partial charge is 0.403 e. The molecular formula is C21H32F4IN5O. The third kappa shape index (κ3) is 7.16. The molecule has 1 N–H and O–H groups in total. The van der Waals surface area contributed by atoms with Crippen molar-refractivity contribution in [2.24, 2.45) is 4.99 Å². The maximum atomic E-state index is 13.4. The van der Waals surface area contributed by atoms with Gasteiger partial charge in [0.2, 0.25) is 0 Å². The van der Waals surface area contributed by atoms with Gasteiger partial charge in [-0.3, -0.25) is 14.8 Å². The summed E-state index contributed by atoms with van der Waals surface area (Å²) in [6.07, 6.45) is -4.22. The maximum absolute atomic E-state index is 13.4. The average Bonchev–Trinajstić information content (AvgIpc) is 2.77. The Balaban J connectivity index is 0.00000363. The monoisotopic (exact) mass is 573 g/mol. The number of morpholine rings is 1. The van der Waals surface area contributed by atoms with Crippen LogP contribution in [0, 0.1) is 5.82 Å². The van der Waals surface area contributed by atoms with E-state index in [0.717, 1.165) is 18.7 Å². The number of rotatable bonds is 5. The molecule has 2 aliphatic heterocycles. The highest BCUT2D eigenvalue weighted by atomic mass is 127. The Kier molecular flexibility index (Phi) is 10.4. The third-order valence-corrected chi connectivity index (χ3v) is 6.04. The Morgan fingerprint density at radius 2 is 1.62 bits per heavy atom. The van der Waals surface area contributed by atoms with Crippen LogP contribution in [0.15, 0.2) is 29.3 Å². The summed E-state index contributed by atoms with van der Waals surface area (Å²) >= 11 is 0. The molecule has 0 spiro atoms. The van der Waals surface area contributed by atoms with E-state index in [1.54, 1.807) is 19.2 Å². The lowest BCUT2D eigenvalue weighted by Gasteiger charge is -2.40. The van der Waals surface area contributed by atoms with Crippen LogP contribution in [0.25, 0.3) is 0 Å². The molecule has 0 bridgehead atoms. The number of hydrogen-bond donors (Lipinski definition) is 1. The lowest BCUT2D eigenvalue weighted by molar-refractivity contribution is -0.181. The molecule has 0 aromatic heterocycles. The quantitative estimate of drug-likeness (QED) is 0.254. The van der Waals surface area contributed by atoms with Gasteiger partial charge in [0.05, 0.1) is 19.3 Å². The van der Waals surface area contributed by atoms with Gasteiger partial charge in [-0.05, 0) is 24.6 Å². The zero-order valence-electron chi connectivity index (χ0n) is 18.4. The molecule has 2 atom stereocenters. The number of alkyl halides is 3. The first-order valence-electron chi connectivity index (χ1n) is 10.6. The second-order valence-electron chi connectivity index (χ2n) is 7.88. The van der Waals surface area contributed by atoms with Crippen LogP contribution < -0.4 is 5.32 Å². The molecule has 11 heteroatoms. The SMILES string of the molecule is CN=C(NCC(c1ccc(F)cc1)N1CCOCC1)N1CCN(C(C)C(F)(F)F)CC1.I. The molecule has 0 aliphatic carbocycles. The fourth-order valence-corrected chi connectivity index (χ4v) is 4.08. The van der Waals surface area contributed by atoms with Crippen LogP contribution >= 0.6 is 24.0 Å². The van der Waals surface area contributed by atoms with Crippen molar-refractivity contribution in [3.63, 3.8) is 0 Å². The van der Waals surface area contributed by atoms with Crippen molar-refractivity contribution < 1.29 is 22.3 Å². The molecule has 3 rings (SSSR count). The third-order valence-electron chi connectivity index (χ3n) is 6.04. The second kappa shape index (κ2) is 12.3. The summed E-state index contributed by atoms with van der Waals surface area (Å²) in [4.78, 5) is 10.1. The van der Waals surface area contributed by atoms with E-state index in [1.807, 2.05) is 4.90 Å². The fraction of sp³-hybridized carbons (Fsp3) is 0.667. The Morgan fingerprint density at radius 1 is 1.03 bits per heavy atom. The summed E-state index contributed by atoms with van der Waals surface area (Å²) in [7, 11) is 1.68. The van der Waals surface area contributed by atoms with Gasteiger partial charge in [-0.25, -0.2) is 4.39 Å². The Bertz CT molecular complexity index is 720. The van der Waals surface area contributed by atoms with Crippen molar-refractivity contribution in [2.45, 2.75) is 25.2 Å². The number of nitrogens with one attached hydrogen (secondary N) is 1. The average molecular weight is 573 g/mol. The highest BCUT2D eigenvalue weighted by Crippen LogP contribution is 2.25. The first-order chi connectivity index (χ1) is 14.8. The fourth-order valence-electron chi connectivity index (χ4n) is 4.08. The summed E-state index contributed by atoms with van der Waals surface area (Å²) in [6, 6.07) is 5.05. The summed E-state index contributed by atoms with van der Waals surface area (Å²) in [6.45, 7) is 6.19. The van der Waals surface area contributed by atoms with Gasteiger partial charge in [0, 0.05) is 52.9 Å². The Hall–Kier alpha value is -1.18. The Morgan fingerprint density at radius 3 is 2.16 bits per heavy atom. The molecule has 182 valence electrons. The molecule has 2 heterocycles. The van der Waals surface area contributed by atoms with Crippen LogP contribution in [0.1, 0.15) is 18.5 Å². The summed E-state index contributed by atoms with van der Waals surface area (Å²) in [5.41, 5.74) is 0.995. The molecule has 0 radical (unpaired) electrons. The van der Waals surface area contributed by atoms with Crippen molar-refractivity contribution in [1.29, 1.82) is 0 Å². The van der Waals surface area contributed by atoms with Crippen LogP contribution in [-0.4, -0.2) is 99.0 Å². The van der Waals surface area contributed by atoms with E-state index in [4.69, 9.17) is 4.74 Å². The second-order valence-corrected chi connectivity index (χ2v) is 7.88. The number of aliphatic imine (C=N–C) groups is 1. The standard InChI is InChI=1S/C21H31F4N5O.HI/c1-16(21(23,24)25)28-7-9-30(10-8-28)20(26-2)27-15-19(29-11-13-31-14-12-29)17-3-5-18(22)6-4-17;/h3-6,16,19H,7-15H2,1-2H3,(H,26,27);1H. The van der Waals surface area contributed by atoms with Crippen LogP contribution in [0.5, 0.6) is 0 Å². The van der Waals surface area contributed by atoms with Crippen LogP contribution in [0.2, 0.25) is 0 Å². The first-order valence-corrected chi connectivity index (χ1v) is 10.6. The lowest BCUT2D eigenvalue weighted by Crippen LogP contribution is -2.57. The number of halogens is 5. The van der Waals surface area contributed by atoms with Gasteiger partial charge in [-0.1, -0.05) is 12.1 Å². The minimum absolute atomic E-state index is 0. The molecule has 2 aliphatic rings. The lowest BCUT2D eigenvalue weighted by atomic mass is 10.0. The number of nitrogens with zero attached hydrogens (tertiary/aromatic N) is 4. The van der Waals surface area contributed by atoms with Crippen LogP contribution in [0.4, 0.5) is 17.6 Å². The molecule has 2 unspecified atom stereocenters. The molecule has 0 saturated carbocycles. The van der Waals surface area contributed by atoms with Crippen molar-refractivity contribution in [2.75, 3.05) is 66.1 Å². The van der Waals surface area contributed by atoms with Gasteiger partial charge in [-0.2, -0.15) is 13.2 Å². The predicted octanol–water partition coefficient (Wildman–Crippen LogP) is 2.96. The highest BCUT2D eigenvalue weighted by Gasteiger charge is 2.41. The number of guanidine groups is 1. The van der Waals surface area contributed by atoms with E-state index >= 15 is 0 Å². The van der Waals surface area contributed by atoms with Crippen molar-refractivity contribution in [1.82, 2.24) is 20.0 Å². The minimum Gasteiger partial charge on any atom is -0.379 e. The topological polar surface area (TPSA) is 43.3 Å². The van der Waals surface area contributed by atoms with E-state index in [-0.39, 0.29) is 35.8 Å². The first kappa shape index (κ1) is 27.1. The van der Waals surface area contributed by atoms with Crippen LogP contribution in [-0.2, 0) is 4.74 Å². The van der Waals surface area contributed by atoms with Gasteiger partial charge in [0.1, 0.15) is 11.9 Å². The Labute approximate surface area is 204 Å². The van der Waals surface area contributed by atoms with Gasteiger partial charge < -0.3 is 15.0 Å². The van der Waals surface area contributed by atoms with Crippen LogP contribution in [0.3, 0.4) is 0 Å². The molecule has 32 heavy (non-hydrogen) atoms. The van der Waals surface area contributed by atoms with E-state index in [1.165, 1.54) is 24.0 Å². The van der Waals surface area contributed by atoms with Gasteiger partial charge in [0.25, 0.3) is 0 Å². The number of ether oxygens (including phenoxy) is 1. The van der Waals surface area contributed by atoms with E-state index < -0.39 is 12.2 Å². The minimum atomic E-state index is -4.22. The van der Waals surface area contributed by atoms with Crippen molar-refractivity contribution >= 4 is 29.9 Å². The normalized spacial score (nSPS) is 21.1. The molecule has 2 fully saturated rings. The van der Waals surface area contributed by atoms with E-state index in [9.17, 15) is 17.6 Å². The van der Waals surface area contributed by atoms with Crippen molar-refractivity contribution in [3.05, 3.63) is 35.6 Å². The van der Waals surface area contributed by atoms with Gasteiger partial charge >= 0.3 is 6.18 Å². The van der Waals surface area contributed by atoms with E-state index in [0.29, 0.717) is 51.9 Å². The molecule has 1 aromatic carbocycles. The van der Waals surface area contributed by atoms with Gasteiger partial charge in [-0.15, -0.1) is 24.0 Å². The number of piperazine rings is 1. The summed E-state index contributed by atoms with van der Waals surface area (Å²) in [5.74, 6) is 0.388. The summed E-state index contributed by atoms with van der Waals surface area (Å²) in [5, 5.41) is 3.38.